The molecule has 3 heterocycles. The highest BCUT2D eigenvalue weighted by atomic mass is 15.6. The standard InChI is InChI=1S/C16H22N6/c1-2-14(10-13-9-11-3-4-12(13)8-11)21(7-1)16-6-5-15-17-19-20-22(15)18-16/h5-6,11-14H,1-4,7-10H2/t11-,12-,13+,14-/m0/s1. The van der Waals surface area contributed by atoms with E-state index in [1.54, 1.807) is 4.63 Å². The van der Waals surface area contributed by atoms with Crippen molar-refractivity contribution in [2.45, 2.75) is 51.0 Å². The van der Waals surface area contributed by atoms with Crippen molar-refractivity contribution in [1.82, 2.24) is 25.3 Å². The van der Waals surface area contributed by atoms with Crippen molar-refractivity contribution in [3.05, 3.63) is 12.1 Å². The smallest absolute Gasteiger partial charge is 0.200 e. The summed E-state index contributed by atoms with van der Waals surface area (Å²) in [5, 5.41) is 16.1. The van der Waals surface area contributed by atoms with Crippen LogP contribution >= 0.6 is 0 Å². The van der Waals surface area contributed by atoms with Gasteiger partial charge in [-0.1, -0.05) is 6.42 Å². The molecular formula is C16H22N6. The van der Waals surface area contributed by atoms with Crippen LogP contribution < -0.4 is 4.90 Å². The number of aromatic nitrogens is 5. The molecule has 3 fully saturated rings. The zero-order valence-electron chi connectivity index (χ0n) is 12.8. The van der Waals surface area contributed by atoms with Gasteiger partial charge in [-0.2, -0.15) is 0 Å². The largest absolute Gasteiger partial charge is 0.352 e. The SMILES string of the molecule is c1cc2nnnn2nc1N1CCC[C@H]1C[C@H]1C[C@H]2CC[C@H]1C2. The van der Waals surface area contributed by atoms with Crippen LogP contribution in [0.25, 0.3) is 5.65 Å². The van der Waals surface area contributed by atoms with Gasteiger partial charge >= 0.3 is 0 Å². The van der Waals surface area contributed by atoms with Crippen LogP contribution in [0.4, 0.5) is 5.82 Å². The molecule has 2 aliphatic carbocycles. The van der Waals surface area contributed by atoms with Crippen molar-refractivity contribution in [3.8, 4) is 0 Å². The number of nitrogens with zero attached hydrogens (tertiary/aromatic N) is 6. The molecule has 5 rings (SSSR count). The number of rotatable bonds is 3. The molecule has 2 saturated carbocycles. The minimum atomic E-state index is 0.658. The first-order chi connectivity index (χ1) is 10.9. The Morgan fingerprint density at radius 3 is 3.00 bits per heavy atom. The summed E-state index contributed by atoms with van der Waals surface area (Å²) in [6.45, 7) is 1.12. The van der Waals surface area contributed by atoms with Crippen molar-refractivity contribution in [1.29, 1.82) is 0 Å². The van der Waals surface area contributed by atoms with Gasteiger partial charge in [0.15, 0.2) is 11.5 Å². The zero-order chi connectivity index (χ0) is 14.5. The van der Waals surface area contributed by atoms with Gasteiger partial charge in [0, 0.05) is 12.6 Å². The third kappa shape index (κ3) is 2.00. The summed E-state index contributed by atoms with van der Waals surface area (Å²) in [4.78, 5) is 2.49. The van der Waals surface area contributed by atoms with Gasteiger partial charge in [0.25, 0.3) is 0 Å². The lowest BCUT2D eigenvalue weighted by molar-refractivity contribution is 0.294. The molecule has 2 aromatic rings. The summed E-state index contributed by atoms with van der Waals surface area (Å²) in [5.74, 6) is 4.05. The average molecular weight is 298 g/mol. The molecule has 2 aromatic heterocycles. The molecule has 0 spiro atoms. The predicted molar refractivity (Wildman–Crippen MR) is 82.5 cm³/mol. The van der Waals surface area contributed by atoms with Crippen LogP contribution in [0.1, 0.15) is 44.9 Å². The summed E-state index contributed by atoms with van der Waals surface area (Å²) in [6.07, 6.45) is 9.91. The first-order valence-corrected chi connectivity index (χ1v) is 8.69. The Labute approximate surface area is 129 Å². The van der Waals surface area contributed by atoms with Crippen molar-refractivity contribution in [2.24, 2.45) is 17.8 Å². The Bertz CT molecular complexity index is 682. The Kier molecular flexibility index (Phi) is 2.85. The van der Waals surface area contributed by atoms with Crippen molar-refractivity contribution >= 4 is 11.5 Å². The van der Waals surface area contributed by atoms with Crippen LogP contribution in [0.5, 0.6) is 0 Å². The molecule has 2 bridgehead atoms. The monoisotopic (exact) mass is 298 g/mol. The summed E-state index contributed by atoms with van der Waals surface area (Å²) >= 11 is 0. The van der Waals surface area contributed by atoms with Gasteiger partial charge in [0.1, 0.15) is 0 Å². The maximum absolute atomic E-state index is 4.60. The normalized spacial score (nSPS) is 34.1. The van der Waals surface area contributed by atoms with Crippen LogP contribution in [0, 0.1) is 17.8 Å². The highest BCUT2D eigenvalue weighted by Crippen LogP contribution is 2.50. The molecule has 1 saturated heterocycles. The Hall–Kier alpha value is -1.72. The van der Waals surface area contributed by atoms with Crippen molar-refractivity contribution < 1.29 is 0 Å². The molecule has 6 heteroatoms. The van der Waals surface area contributed by atoms with Gasteiger partial charge in [0.2, 0.25) is 0 Å². The topological polar surface area (TPSA) is 59.2 Å². The average Bonchev–Trinajstić information content (AvgIpc) is 3.31. The first kappa shape index (κ1) is 12.8. The van der Waals surface area contributed by atoms with Crippen LogP contribution in [-0.4, -0.2) is 37.8 Å². The fraction of sp³-hybridized carbons (Fsp3) is 0.750. The van der Waals surface area contributed by atoms with Crippen LogP contribution in [0.15, 0.2) is 12.1 Å². The third-order valence-corrected chi connectivity index (χ3v) is 6.19. The maximum atomic E-state index is 4.60. The molecule has 4 atom stereocenters. The molecule has 116 valence electrons. The van der Waals surface area contributed by atoms with E-state index in [1.807, 2.05) is 6.07 Å². The molecule has 0 radical (unpaired) electrons. The van der Waals surface area contributed by atoms with Gasteiger partial charge in [-0.05, 0) is 78.8 Å². The first-order valence-electron chi connectivity index (χ1n) is 8.69. The predicted octanol–water partition coefficient (Wildman–Crippen LogP) is 2.31. The lowest BCUT2D eigenvalue weighted by Gasteiger charge is -2.30. The number of hydrogen-bond donors (Lipinski definition) is 0. The van der Waals surface area contributed by atoms with Crippen molar-refractivity contribution in [3.63, 3.8) is 0 Å². The van der Waals surface area contributed by atoms with Crippen LogP contribution in [-0.2, 0) is 0 Å². The van der Waals surface area contributed by atoms with E-state index in [-0.39, 0.29) is 0 Å². The third-order valence-electron chi connectivity index (χ3n) is 6.19. The van der Waals surface area contributed by atoms with Gasteiger partial charge in [0.05, 0.1) is 0 Å². The number of tetrazole rings is 1. The molecule has 0 aromatic carbocycles. The number of hydrogen-bond acceptors (Lipinski definition) is 5. The number of anilines is 1. The summed E-state index contributed by atoms with van der Waals surface area (Å²) in [7, 11) is 0. The highest BCUT2D eigenvalue weighted by molar-refractivity contribution is 5.45. The molecular weight excluding hydrogens is 276 g/mol. The van der Waals surface area contributed by atoms with E-state index in [0.29, 0.717) is 11.7 Å². The van der Waals surface area contributed by atoms with E-state index < -0.39 is 0 Å². The van der Waals surface area contributed by atoms with E-state index in [9.17, 15) is 0 Å². The quantitative estimate of drug-likeness (QED) is 0.870. The summed E-state index contributed by atoms with van der Waals surface area (Å²) < 4.78 is 1.54. The minimum absolute atomic E-state index is 0.658. The second-order valence-electron chi connectivity index (χ2n) is 7.38. The van der Waals surface area contributed by atoms with Crippen molar-refractivity contribution in [2.75, 3.05) is 11.4 Å². The molecule has 6 nitrogen and oxygen atoms in total. The molecule has 22 heavy (non-hydrogen) atoms. The van der Waals surface area contributed by atoms with E-state index in [0.717, 1.165) is 30.1 Å². The lowest BCUT2D eigenvalue weighted by Crippen LogP contribution is -2.33. The van der Waals surface area contributed by atoms with Gasteiger partial charge < -0.3 is 4.90 Å². The van der Waals surface area contributed by atoms with E-state index in [2.05, 4.69) is 31.6 Å². The lowest BCUT2D eigenvalue weighted by atomic mass is 9.84. The summed E-state index contributed by atoms with van der Waals surface area (Å²) in [6, 6.07) is 4.70. The van der Waals surface area contributed by atoms with E-state index in [1.165, 1.54) is 44.9 Å². The van der Waals surface area contributed by atoms with E-state index in [4.69, 9.17) is 0 Å². The fourth-order valence-corrected chi connectivity index (χ4v) is 5.19. The van der Waals surface area contributed by atoms with Crippen LogP contribution in [0.2, 0.25) is 0 Å². The summed E-state index contributed by atoms with van der Waals surface area (Å²) in [5.41, 5.74) is 0.715. The highest BCUT2D eigenvalue weighted by Gasteiger charge is 2.41. The maximum Gasteiger partial charge on any atom is 0.200 e. The molecule has 1 aliphatic heterocycles. The second kappa shape index (κ2) is 4.89. The van der Waals surface area contributed by atoms with Crippen LogP contribution in [0.3, 0.4) is 0 Å². The number of fused-ring (bicyclic) bond motifs is 3. The zero-order valence-corrected chi connectivity index (χ0v) is 12.8. The van der Waals surface area contributed by atoms with Gasteiger partial charge in [-0.25, -0.2) is 0 Å². The molecule has 0 unspecified atom stereocenters. The minimum Gasteiger partial charge on any atom is -0.352 e. The van der Waals surface area contributed by atoms with Gasteiger partial charge in [-0.15, -0.1) is 14.8 Å². The Morgan fingerprint density at radius 1 is 1.14 bits per heavy atom. The molecule has 0 N–H and O–H groups in total. The second-order valence-corrected chi connectivity index (χ2v) is 7.38. The Morgan fingerprint density at radius 2 is 2.14 bits per heavy atom. The fourth-order valence-electron chi connectivity index (χ4n) is 5.19. The Balaban J connectivity index is 1.36. The molecule has 3 aliphatic rings. The molecule has 0 amide bonds. The van der Waals surface area contributed by atoms with Gasteiger partial charge in [-0.3, -0.25) is 0 Å². The van der Waals surface area contributed by atoms with E-state index >= 15 is 0 Å².